The van der Waals surface area contributed by atoms with Crippen LogP contribution in [0.15, 0.2) is 54.6 Å². The lowest BCUT2D eigenvalue weighted by molar-refractivity contribution is -0.138. The Labute approximate surface area is 320 Å². The zero-order valence-electron chi connectivity index (χ0n) is 30.3. The molecule has 9 N–H and O–H groups in total. The molecule has 56 heavy (non-hydrogen) atoms. The molecule has 19 nitrogen and oxygen atoms in total. The predicted octanol–water partition coefficient (Wildman–Crippen LogP) is 1.29. The second-order valence-corrected chi connectivity index (χ2v) is 12.7. The van der Waals surface area contributed by atoms with Crippen molar-refractivity contribution in [2.75, 3.05) is 66.3 Å². The molecule has 308 valence electrons. The third-order valence-corrected chi connectivity index (χ3v) is 7.71. The van der Waals surface area contributed by atoms with Gasteiger partial charge < -0.3 is 79.1 Å². The molecule has 0 spiro atoms. The summed E-state index contributed by atoms with van der Waals surface area (Å²) in [5.74, 6) is -4.88. The Morgan fingerprint density at radius 3 is 1.05 bits per heavy atom. The van der Waals surface area contributed by atoms with Crippen LogP contribution in [0.1, 0.15) is 44.4 Å². The third-order valence-electron chi connectivity index (χ3n) is 7.71. The van der Waals surface area contributed by atoms with Crippen LogP contribution >= 0.6 is 0 Å². The number of hydrogen-bond donors (Lipinski definition) is 9. The van der Waals surface area contributed by atoms with Gasteiger partial charge in [-0.25, -0.2) is 14.4 Å². The maximum Gasteiger partial charge on any atom is 0.338 e. The molecule has 0 saturated heterocycles. The smallest absolute Gasteiger partial charge is 0.338 e. The van der Waals surface area contributed by atoms with Gasteiger partial charge in [0.1, 0.15) is 79.4 Å². The maximum absolute atomic E-state index is 12.3. The van der Waals surface area contributed by atoms with Gasteiger partial charge in [0, 0.05) is 23.6 Å². The lowest BCUT2D eigenvalue weighted by atomic mass is 9.88. The zero-order valence-corrected chi connectivity index (χ0v) is 30.3. The fraction of sp³-hybridized carbons (Fsp3) is 0.432. The van der Waals surface area contributed by atoms with Crippen molar-refractivity contribution in [3.05, 3.63) is 71.3 Å². The molecule has 0 aliphatic heterocycles. The van der Waals surface area contributed by atoms with Crippen LogP contribution in [0.2, 0.25) is 0 Å². The minimum Gasteiger partial charge on any atom is -0.508 e. The molecule has 0 aliphatic carbocycles. The molecule has 0 aliphatic rings. The number of ether oxygens (including phenoxy) is 7. The van der Waals surface area contributed by atoms with E-state index in [2.05, 4.69) is 0 Å². The number of aliphatic hydroxyl groups is 3. The molecular weight excluding hydrogens is 748 g/mol. The highest BCUT2D eigenvalue weighted by Crippen LogP contribution is 2.26. The first-order valence-corrected chi connectivity index (χ1v) is 17.0. The van der Waals surface area contributed by atoms with Crippen molar-refractivity contribution >= 4 is 17.9 Å². The summed E-state index contributed by atoms with van der Waals surface area (Å²) < 4.78 is 37.5. The van der Waals surface area contributed by atoms with E-state index in [4.69, 9.17) is 33.2 Å². The van der Waals surface area contributed by atoms with Gasteiger partial charge >= 0.3 is 17.9 Å². The van der Waals surface area contributed by atoms with Gasteiger partial charge in [-0.1, -0.05) is 6.92 Å². The fourth-order valence-corrected chi connectivity index (χ4v) is 4.80. The van der Waals surface area contributed by atoms with Gasteiger partial charge in [0.2, 0.25) is 0 Å². The van der Waals surface area contributed by atoms with Gasteiger partial charge in [-0.05, 0) is 42.8 Å². The normalized spacial score (nSPS) is 13.9. The standard InChI is InChI=1S/C37H46O19/c1-2-37(18-50-12-31(44)15-54-34(47)22-3-25(38)9-26(39)4-22,19-51-13-32(45)16-55-35(48)23-5-27(40)10-28(41)6-23)20-53-21-52-14-33(46)17-56-36(49)24-7-29(42)11-30(43)8-24/h3-11,31-33,38-46H,2,12-21H2,1H3. The monoisotopic (exact) mass is 794 g/mol. The van der Waals surface area contributed by atoms with Gasteiger partial charge in [-0.3, -0.25) is 0 Å². The number of benzene rings is 3. The molecule has 0 fully saturated rings. The molecule has 3 aromatic rings. The molecule has 0 aromatic heterocycles. The number of phenols is 6. The van der Waals surface area contributed by atoms with Gasteiger partial charge in [0.25, 0.3) is 0 Å². The van der Waals surface area contributed by atoms with Crippen molar-refractivity contribution < 1.29 is 93.5 Å². The van der Waals surface area contributed by atoms with Crippen molar-refractivity contribution in [2.45, 2.75) is 31.7 Å². The van der Waals surface area contributed by atoms with E-state index in [1.807, 2.05) is 0 Å². The largest absolute Gasteiger partial charge is 0.508 e. The first kappa shape index (κ1) is 45.0. The first-order valence-electron chi connectivity index (χ1n) is 17.0. The lowest BCUT2D eigenvalue weighted by Crippen LogP contribution is -2.39. The number of carbonyl (C=O) groups is 3. The average molecular weight is 795 g/mol. The molecule has 0 bridgehead atoms. The number of rotatable bonds is 24. The minimum atomic E-state index is -1.29. The van der Waals surface area contributed by atoms with Gasteiger partial charge in [-0.2, -0.15) is 0 Å². The maximum atomic E-state index is 12.3. The van der Waals surface area contributed by atoms with Crippen LogP contribution in [0.5, 0.6) is 34.5 Å². The van der Waals surface area contributed by atoms with E-state index in [0.717, 1.165) is 54.6 Å². The summed E-state index contributed by atoms with van der Waals surface area (Å²) in [4.78, 5) is 36.7. The van der Waals surface area contributed by atoms with Crippen LogP contribution in [0.4, 0.5) is 0 Å². The molecule has 0 heterocycles. The summed E-state index contributed by atoms with van der Waals surface area (Å²) >= 11 is 0. The minimum absolute atomic E-state index is 0.0757. The van der Waals surface area contributed by atoms with Crippen molar-refractivity contribution in [3.63, 3.8) is 0 Å². The van der Waals surface area contributed by atoms with Crippen LogP contribution in [0.3, 0.4) is 0 Å². The Balaban J connectivity index is 1.49. The molecule has 0 radical (unpaired) electrons. The summed E-state index contributed by atoms with van der Waals surface area (Å²) in [5.41, 5.74) is -1.35. The molecule has 19 heteroatoms. The van der Waals surface area contributed by atoms with Crippen molar-refractivity contribution in [1.29, 1.82) is 0 Å². The van der Waals surface area contributed by atoms with E-state index >= 15 is 0 Å². The van der Waals surface area contributed by atoms with Gasteiger partial charge in [0.05, 0.1) is 56.3 Å². The highest BCUT2D eigenvalue weighted by molar-refractivity contribution is 5.91. The van der Waals surface area contributed by atoms with Crippen LogP contribution in [0.25, 0.3) is 0 Å². The number of carbonyl (C=O) groups excluding carboxylic acids is 3. The molecular formula is C37H46O19. The van der Waals surface area contributed by atoms with E-state index in [1.165, 1.54) is 0 Å². The Morgan fingerprint density at radius 1 is 0.464 bits per heavy atom. The topological polar surface area (TPSA) is 298 Å². The molecule has 3 rings (SSSR count). The highest BCUT2D eigenvalue weighted by atomic mass is 16.7. The quantitative estimate of drug-likeness (QED) is 0.0267. The van der Waals surface area contributed by atoms with Crippen LogP contribution in [0, 0.1) is 5.41 Å². The number of hydrogen-bond acceptors (Lipinski definition) is 19. The van der Waals surface area contributed by atoms with E-state index in [9.17, 15) is 60.3 Å². The Morgan fingerprint density at radius 2 is 0.750 bits per heavy atom. The van der Waals surface area contributed by atoms with Crippen LogP contribution < -0.4 is 0 Å². The van der Waals surface area contributed by atoms with E-state index < -0.39 is 61.5 Å². The van der Waals surface area contributed by atoms with Crippen molar-refractivity contribution in [2.24, 2.45) is 5.41 Å². The SMILES string of the molecule is CCC(COCOCC(O)COC(=O)c1cc(O)cc(O)c1)(COCC(O)COC(=O)c1cc(O)cc(O)c1)COCC(O)COC(=O)c1cc(O)cc(O)c1. The molecule has 0 amide bonds. The van der Waals surface area contributed by atoms with E-state index in [-0.39, 0.29) is 97.6 Å². The van der Waals surface area contributed by atoms with Crippen molar-refractivity contribution in [3.8, 4) is 34.5 Å². The van der Waals surface area contributed by atoms with E-state index in [0.29, 0.717) is 6.42 Å². The molecule has 3 atom stereocenters. The third kappa shape index (κ3) is 15.7. The summed E-state index contributed by atoms with van der Waals surface area (Å²) in [6, 6.07) is 9.55. The number of aliphatic hydroxyl groups excluding tert-OH is 3. The van der Waals surface area contributed by atoms with Crippen LogP contribution in [-0.4, -0.2) is 148 Å². The summed E-state index contributed by atoms with van der Waals surface area (Å²) in [6.45, 7) is -1.22. The molecule has 0 saturated carbocycles. The zero-order chi connectivity index (χ0) is 41.3. The number of aromatic hydroxyl groups is 6. The second kappa shape index (κ2) is 22.2. The Bertz CT molecular complexity index is 1590. The number of esters is 3. The Hall–Kier alpha value is -5.41. The summed E-state index contributed by atoms with van der Waals surface area (Å²) in [6.07, 6.45) is -3.49. The van der Waals surface area contributed by atoms with Crippen molar-refractivity contribution in [1.82, 2.24) is 0 Å². The average Bonchev–Trinajstić information content (AvgIpc) is 3.13. The Kier molecular flexibility index (Phi) is 17.8. The van der Waals surface area contributed by atoms with Gasteiger partial charge in [0.15, 0.2) is 0 Å². The summed E-state index contributed by atoms with van der Waals surface area (Å²) in [5, 5.41) is 88.4. The molecule has 3 unspecified atom stereocenters. The van der Waals surface area contributed by atoms with E-state index in [1.54, 1.807) is 6.92 Å². The van der Waals surface area contributed by atoms with Crippen LogP contribution in [-0.2, 0) is 33.2 Å². The molecule has 3 aromatic carbocycles. The predicted molar refractivity (Wildman–Crippen MR) is 189 cm³/mol. The first-order chi connectivity index (χ1) is 26.6. The number of phenolic OH excluding ortho intramolecular Hbond substituents is 6. The second-order valence-electron chi connectivity index (χ2n) is 12.7. The summed E-state index contributed by atoms with van der Waals surface area (Å²) in [7, 11) is 0. The fourth-order valence-electron chi connectivity index (χ4n) is 4.80. The highest BCUT2D eigenvalue weighted by Gasteiger charge is 2.31. The van der Waals surface area contributed by atoms with Gasteiger partial charge in [-0.15, -0.1) is 0 Å². The lowest BCUT2D eigenvalue weighted by Gasteiger charge is -2.32.